The van der Waals surface area contributed by atoms with Crippen molar-refractivity contribution in [1.29, 1.82) is 0 Å². The molecule has 0 aliphatic heterocycles. The second-order valence-electron chi connectivity index (χ2n) is 5.37. The lowest BCUT2D eigenvalue weighted by Crippen LogP contribution is -2.15. The summed E-state index contributed by atoms with van der Waals surface area (Å²) in [5.41, 5.74) is 1.64. The van der Waals surface area contributed by atoms with Crippen molar-refractivity contribution in [3.8, 4) is 0 Å². The van der Waals surface area contributed by atoms with Gasteiger partial charge in [0.05, 0.1) is 11.4 Å². The van der Waals surface area contributed by atoms with Gasteiger partial charge in [-0.1, -0.05) is 40.8 Å². The summed E-state index contributed by atoms with van der Waals surface area (Å²) in [6.07, 6.45) is 0. The fourth-order valence-electron chi connectivity index (χ4n) is 2.08. The largest absolute Gasteiger partial charge is 0.330 e. The topological polar surface area (TPSA) is 66.9 Å². The highest BCUT2D eigenvalue weighted by Gasteiger charge is 2.12. The van der Waals surface area contributed by atoms with Crippen LogP contribution in [0, 0.1) is 18.6 Å². The van der Waals surface area contributed by atoms with Gasteiger partial charge in [0.2, 0.25) is 11.0 Å². The van der Waals surface area contributed by atoms with E-state index in [0.29, 0.717) is 20.6 Å². The van der Waals surface area contributed by atoms with Crippen LogP contribution in [-0.4, -0.2) is 21.9 Å². The number of benzene rings is 2. The normalized spacial score (nSPS) is 10.7. The zero-order valence-electron chi connectivity index (χ0n) is 13.9. The van der Waals surface area contributed by atoms with Crippen LogP contribution in [0.25, 0.3) is 0 Å². The van der Waals surface area contributed by atoms with Crippen LogP contribution in [0.15, 0.2) is 40.7 Å². The molecule has 1 aromatic heterocycles. The monoisotopic (exact) mass is 426 g/mol. The van der Waals surface area contributed by atoms with Crippen molar-refractivity contribution < 1.29 is 13.6 Å². The SMILES string of the molecule is Cc1c(Cl)cccc1Nc1nnc(SCC(=O)Nc2ccc(F)cc2F)s1. The van der Waals surface area contributed by atoms with Crippen molar-refractivity contribution in [3.63, 3.8) is 0 Å². The molecule has 0 aliphatic rings. The van der Waals surface area contributed by atoms with Crippen LogP contribution < -0.4 is 10.6 Å². The first kappa shape index (κ1) is 19.5. The van der Waals surface area contributed by atoms with Gasteiger partial charge in [0, 0.05) is 16.8 Å². The summed E-state index contributed by atoms with van der Waals surface area (Å²) in [5.74, 6) is -1.95. The van der Waals surface area contributed by atoms with Crippen molar-refractivity contribution in [2.24, 2.45) is 0 Å². The van der Waals surface area contributed by atoms with E-state index in [1.807, 2.05) is 19.1 Å². The molecule has 0 spiro atoms. The summed E-state index contributed by atoms with van der Waals surface area (Å²) in [5, 5.41) is 14.8. The molecule has 10 heteroatoms. The molecular weight excluding hydrogens is 414 g/mol. The summed E-state index contributed by atoms with van der Waals surface area (Å²) in [7, 11) is 0. The quantitative estimate of drug-likeness (QED) is 0.527. The molecule has 0 fully saturated rings. The molecule has 3 aromatic rings. The maximum Gasteiger partial charge on any atom is 0.234 e. The molecule has 2 aromatic carbocycles. The van der Waals surface area contributed by atoms with Crippen LogP contribution in [0.2, 0.25) is 5.02 Å². The van der Waals surface area contributed by atoms with Gasteiger partial charge in [0.1, 0.15) is 11.6 Å². The van der Waals surface area contributed by atoms with Crippen LogP contribution in [-0.2, 0) is 4.79 Å². The second-order valence-corrected chi connectivity index (χ2v) is 7.98. The van der Waals surface area contributed by atoms with E-state index < -0.39 is 17.5 Å². The Hall–Kier alpha value is -2.23. The van der Waals surface area contributed by atoms with Gasteiger partial charge < -0.3 is 10.6 Å². The molecule has 0 atom stereocenters. The molecule has 5 nitrogen and oxygen atoms in total. The molecule has 0 saturated heterocycles. The van der Waals surface area contributed by atoms with E-state index in [2.05, 4.69) is 20.8 Å². The Labute approximate surface area is 167 Å². The molecule has 0 radical (unpaired) electrons. The Morgan fingerprint density at radius 2 is 2.04 bits per heavy atom. The highest BCUT2D eigenvalue weighted by molar-refractivity contribution is 8.01. The third-order valence-corrected chi connectivity index (χ3v) is 5.83. The smallest absolute Gasteiger partial charge is 0.234 e. The first-order valence-electron chi connectivity index (χ1n) is 7.65. The molecule has 0 saturated carbocycles. The Morgan fingerprint density at radius 1 is 1.22 bits per heavy atom. The number of nitrogens with zero attached hydrogens (tertiary/aromatic N) is 2. The van der Waals surface area contributed by atoms with Crippen LogP contribution in [0.3, 0.4) is 0 Å². The van der Waals surface area contributed by atoms with E-state index in [0.717, 1.165) is 17.3 Å². The number of carbonyl (C=O) groups excluding carboxylic acids is 1. The van der Waals surface area contributed by atoms with E-state index in [4.69, 9.17) is 11.6 Å². The lowest BCUT2D eigenvalue weighted by atomic mass is 10.2. The Morgan fingerprint density at radius 3 is 2.81 bits per heavy atom. The number of anilines is 3. The average molecular weight is 427 g/mol. The first-order chi connectivity index (χ1) is 12.9. The van der Waals surface area contributed by atoms with Crippen molar-refractivity contribution in [2.45, 2.75) is 11.3 Å². The lowest BCUT2D eigenvalue weighted by molar-refractivity contribution is -0.113. The summed E-state index contributed by atoms with van der Waals surface area (Å²) < 4.78 is 27.0. The van der Waals surface area contributed by atoms with Crippen LogP contribution >= 0.6 is 34.7 Å². The number of nitrogens with one attached hydrogen (secondary N) is 2. The minimum absolute atomic E-state index is 0.0155. The number of amides is 1. The summed E-state index contributed by atoms with van der Waals surface area (Å²) in [6, 6.07) is 8.46. The van der Waals surface area contributed by atoms with E-state index in [-0.39, 0.29) is 11.4 Å². The minimum atomic E-state index is -0.826. The summed E-state index contributed by atoms with van der Waals surface area (Å²) >= 11 is 8.53. The number of hydrogen-bond donors (Lipinski definition) is 2. The Balaban J connectivity index is 1.56. The van der Waals surface area contributed by atoms with E-state index in [9.17, 15) is 13.6 Å². The number of hydrogen-bond acceptors (Lipinski definition) is 6. The molecule has 2 N–H and O–H groups in total. The fourth-order valence-corrected chi connectivity index (χ4v) is 3.82. The summed E-state index contributed by atoms with van der Waals surface area (Å²) in [4.78, 5) is 11.9. The zero-order valence-corrected chi connectivity index (χ0v) is 16.3. The van der Waals surface area contributed by atoms with Gasteiger partial charge in [-0.25, -0.2) is 8.78 Å². The van der Waals surface area contributed by atoms with Crippen molar-refractivity contribution in [1.82, 2.24) is 10.2 Å². The number of carbonyl (C=O) groups is 1. The van der Waals surface area contributed by atoms with Crippen LogP contribution in [0.1, 0.15) is 5.56 Å². The van der Waals surface area contributed by atoms with Gasteiger partial charge in [-0.05, 0) is 36.8 Å². The molecule has 27 heavy (non-hydrogen) atoms. The zero-order chi connectivity index (χ0) is 19.4. The van der Waals surface area contributed by atoms with Gasteiger partial charge in [-0.3, -0.25) is 4.79 Å². The Bertz CT molecular complexity index is 983. The number of halogens is 3. The molecule has 0 aliphatic carbocycles. The van der Waals surface area contributed by atoms with E-state index in [1.54, 1.807) is 6.07 Å². The van der Waals surface area contributed by atoms with Gasteiger partial charge >= 0.3 is 0 Å². The Kier molecular flexibility index (Phi) is 6.25. The van der Waals surface area contributed by atoms with Gasteiger partial charge in [0.15, 0.2) is 4.34 Å². The van der Waals surface area contributed by atoms with Gasteiger partial charge in [-0.15, -0.1) is 10.2 Å². The minimum Gasteiger partial charge on any atom is -0.330 e. The van der Waals surface area contributed by atoms with E-state index in [1.165, 1.54) is 29.2 Å². The predicted octanol–water partition coefficient (Wildman–Crippen LogP) is 5.25. The number of aromatic nitrogens is 2. The molecule has 1 heterocycles. The first-order valence-corrected chi connectivity index (χ1v) is 9.83. The number of thioether (sulfide) groups is 1. The lowest BCUT2D eigenvalue weighted by Gasteiger charge is -2.07. The molecule has 0 bridgehead atoms. The standard InChI is InChI=1S/C17H13ClF2N4OS2/c1-9-11(18)3-2-4-13(9)22-16-23-24-17(27-16)26-8-15(25)21-14-6-5-10(19)7-12(14)20/h2-7H,8H2,1H3,(H,21,25)(H,22,23). The maximum absolute atomic E-state index is 13.5. The highest BCUT2D eigenvalue weighted by atomic mass is 35.5. The van der Waals surface area contributed by atoms with Crippen molar-refractivity contribution >= 4 is 57.1 Å². The molecular formula is C17H13ClF2N4OS2. The van der Waals surface area contributed by atoms with Crippen LogP contribution in [0.4, 0.5) is 25.3 Å². The molecule has 140 valence electrons. The maximum atomic E-state index is 13.5. The highest BCUT2D eigenvalue weighted by Crippen LogP contribution is 2.30. The van der Waals surface area contributed by atoms with E-state index >= 15 is 0 Å². The van der Waals surface area contributed by atoms with Crippen LogP contribution in [0.5, 0.6) is 0 Å². The van der Waals surface area contributed by atoms with Crippen molar-refractivity contribution in [2.75, 3.05) is 16.4 Å². The predicted molar refractivity (Wildman–Crippen MR) is 105 cm³/mol. The average Bonchev–Trinajstić information content (AvgIpc) is 3.07. The second kappa shape index (κ2) is 8.64. The molecule has 1 amide bonds. The third-order valence-electron chi connectivity index (χ3n) is 3.45. The summed E-state index contributed by atoms with van der Waals surface area (Å²) in [6.45, 7) is 1.89. The van der Waals surface area contributed by atoms with Gasteiger partial charge in [0.25, 0.3) is 0 Å². The fraction of sp³-hybridized carbons (Fsp3) is 0.118. The molecule has 3 rings (SSSR count). The molecule has 0 unspecified atom stereocenters. The van der Waals surface area contributed by atoms with Gasteiger partial charge in [-0.2, -0.15) is 0 Å². The van der Waals surface area contributed by atoms with Crippen molar-refractivity contribution in [3.05, 3.63) is 58.6 Å². The third kappa shape index (κ3) is 5.15. The number of rotatable bonds is 6.